The molecule has 0 fully saturated rings. The number of carbonyl (C=O) groups excluding carboxylic acids is 2. The number of hydrogen-bond acceptors (Lipinski definition) is 3. The number of carbonyl (C=O) groups is 2. The highest BCUT2D eigenvalue weighted by Gasteiger charge is 2.10. The highest BCUT2D eigenvalue weighted by atomic mass is 127. The zero-order valence-electron chi connectivity index (χ0n) is 9.33. The molecule has 0 bridgehead atoms. The van der Waals surface area contributed by atoms with Crippen LogP contribution in [0.1, 0.15) is 16.8 Å². The van der Waals surface area contributed by atoms with Crippen LogP contribution in [0.2, 0.25) is 0 Å². The van der Waals surface area contributed by atoms with E-state index in [2.05, 4.69) is 27.9 Å². The molecule has 17 heavy (non-hydrogen) atoms. The Labute approximate surface area is 113 Å². The smallest absolute Gasteiger partial charge is 0.252 e. The van der Waals surface area contributed by atoms with Crippen LogP contribution < -0.4 is 15.8 Å². The minimum Gasteiger partial charge on any atom is -0.497 e. The second kappa shape index (κ2) is 6.43. The van der Waals surface area contributed by atoms with Crippen molar-refractivity contribution >= 4 is 34.4 Å². The molecule has 3 N–H and O–H groups in total. The Balaban J connectivity index is 2.66. The maximum atomic E-state index is 11.7. The second-order valence-electron chi connectivity index (χ2n) is 3.32. The van der Waals surface area contributed by atoms with Crippen LogP contribution in [0.3, 0.4) is 0 Å². The highest BCUT2D eigenvalue weighted by Crippen LogP contribution is 2.19. The first-order chi connectivity index (χ1) is 8.04. The summed E-state index contributed by atoms with van der Waals surface area (Å²) in [5, 5.41) is 2.62. The van der Waals surface area contributed by atoms with E-state index in [0.717, 1.165) is 3.57 Å². The van der Waals surface area contributed by atoms with Gasteiger partial charge in [-0.25, -0.2) is 0 Å². The molecule has 1 aromatic rings. The molecule has 0 radical (unpaired) electrons. The Morgan fingerprint density at radius 1 is 1.47 bits per heavy atom. The quantitative estimate of drug-likeness (QED) is 0.776. The molecule has 5 nitrogen and oxygen atoms in total. The van der Waals surface area contributed by atoms with Crippen LogP contribution in [0.4, 0.5) is 0 Å². The normalized spacial score (nSPS) is 9.76. The molecule has 0 aliphatic carbocycles. The molecule has 92 valence electrons. The van der Waals surface area contributed by atoms with Gasteiger partial charge in [-0.05, 0) is 40.8 Å². The van der Waals surface area contributed by atoms with E-state index in [9.17, 15) is 9.59 Å². The van der Waals surface area contributed by atoms with E-state index in [1.807, 2.05) is 0 Å². The molecule has 0 saturated heterocycles. The lowest BCUT2D eigenvalue weighted by Crippen LogP contribution is -2.28. The average Bonchev–Trinajstić information content (AvgIpc) is 2.28. The minimum absolute atomic E-state index is 0.137. The number of ether oxygens (including phenoxy) is 1. The number of rotatable bonds is 5. The van der Waals surface area contributed by atoms with Crippen LogP contribution in [0.15, 0.2) is 18.2 Å². The van der Waals surface area contributed by atoms with Gasteiger partial charge in [-0.1, -0.05) is 0 Å². The fourth-order valence-electron chi connectivity index (χ4n) is 1.20. The van der Waals surface area contributed by atoms with Gasteiger partial charge in [0.2, 0.25) is 5.91 Å². The predicted molar refractivity (Wildman–Crippen MR) is 71.9 cm³/mol. The SMILES string of the molecule is COc1ccc(C(=O)NCCC(N)=O)c(I)c1. The number of hydrogen-bond donors (Lipinski definition) is 2. The summed E-state index contributed by atoms with van der Waals surface area (Å²) >= 11 is 2.06. The average molecular weight is 348 g/mol. The molecule has 1 aromatic carbocycles. The molecular formula is C11H13IN2O3. The lowest BCUT2D eigenvalue weighted by atomic mass is 10.2. The van der Waals surface area contributed by atoms with Crippen LogP contribution in [0, 0.1) is 3.57 Å². The van der Waals surface area contributed by atoms with E-state index in [1.165, 1.54) is 0 Å². The van der Waals surface area contributed by atoms with E-state index in [0.29, 0.717) is 11.3 Å². The molecule has 0 unspecified atom stereocenters. The molecule has 6 heteroatoms. The maximum Gasteiger partial charge on any atom is 0.252 e. The lowest BCUT2D eigenvalue weighted by Gasteiger charge is -2.07. The van der Waals surface area contributed by atoms with Crippen molar-refractivity contribution in [3.05, 3.63) is 27.3 Å². The van der Waals surface area contributed by atoms with Gasteiger partial charge in [-0.3, -0.25) is 9.59 Å². The van der Waals surface area contributed by atoms with E-state index in [1.54, 1.807) is 25.3 Å². The zero-order chi connectivity index (χ0) is 12.8. The molecular weight excluding hydrogens is 335 g/mol. The molecule has 0 heterocycles. The van der Waals surface area contributed by atoms with E-state index in [-0.39, 0.29) is 18.9 Å². The molecule has 0 atom stereocenters. The summed E-state index contributed by atoms with van der Waals surface area (Å²) in [6.07, 6.45) is 0.137. The van der Waals surface area contributed by atoms with Gasteiger partial charge in [0.1, 0.15) is 5.75 Å². The molecule has 0 aliphatic heterocycles. The van der Waals surface area contributed by atoms with Gasteiger partial charge in [0.15, 0.2) is 0 Å². The van der Waals surface area contributed by atoms with Crippen molar-refractivity contribution in [1.29, 1.82) is 0 Å². The summed E-state index contributed by atoms with van der Waals surface area (Å²) in [6, 6.07) is 5.16. The largest absolute Gasteiger partial charge is 0.497 e. The van der Waals surface area contributed by atoms with Crippen molar-refractivity contribution in [2.75, 3.05) is 13.7 Å². The molecule has 0 saturated carbocycles. The maximum absolute atomic E-state index is 11.7. The Morgan fingerprint density at radius 3 is 2.71 bits per heavy atom. The minimum atomic E-state index is -0.435. The van der Waals surface area contributed by atoms with Crippen LogP contribution in [0.25, 0.3) is 0 Å². The van der Waals surface area contributed by atoms with Gasteiger partial charge in [-0.2, -0.15) is 0 Å². The molecule has 1 rings (SSSR count). The number of nitrogens with two attached hydrogens (primary N) is 1. The Bertz CT molecular complexity index is 435. The van der Waals surface area contributed by atoms with Crippen molar-refractivity contribution in [2.45, 2.75) is 6.42 Å². The van der Waals surface area contributed by atoms with Gasteiger partial charge >= 0.3 is 0 Å². The topological polar surface area (TPSA) is 81.4 Å². The van der Waals surface area contributed by atoms with Crippen LogP contribution in [-0.2, 0) is 4.79 Å². The Hall–Kier alpha value is -1.31. The van der Waals surface area contributed by atoms with E-state index < -0.39 is 5.91 Å². The van der Waals surface area contributed by atoms with Crippen LogP contribution >= 0.6 is 22.6 Å². The van der Waals surface area contributed by atoms with E-state index in [4.69, 9.17) is 10.5 Å². The summed E-state index contributed by atoms with van der Waals surface area (Å²) < 4.78 is 5.83. The summed E-state index contributed by atoms with van der Waals surface area (Å²) in [4.78, 5) is 22.3. The van der Waals surface area contributed by atoms with Crippen molar-refractivity contribution in [3.8, 4) is 5.75 Å². The third-order valence-corrected chi connectivity index (χ3v) is 2.97. The standard InChI is InChI=1S/C11H13IN2O3/c1-17-7-2-3-8(9(12)6-7)11(16)14-5-4-10(13)15/h2-3,6H,4-5H2,1H3,(H2,13,15)(H,14,16). The number of primary amides is 1. The van der Waals surface area contributed by atoms with Gasteiger partial charge in [-0.15, -0.1) is 0 Å². The molecule has 0 spiro atoms. The highest BCUT2D eigenvalue weighted by molar-refractivity contribution is 14.1. The van der Waals surface area contributed by atoms with Gasteiger partial charge < -0.3 is 15.8 Å². The first-order valence-corrected chi connectivity index (χ1v) is 6.02. The second-order valence-corrected chi connectivity index (χ2v) is 4.48. The van der Waals surface area contributed by atoms with E-state index >= 15 is 0 Å². The monoisotopic (exact) mass is 348 g/mol. The Morgan fingerprint density at radius 2 is 2.18 bits per heavy atom. The van der Waals surface area contributed by atoms with Crippen LogP contribution in [0.5, 0.6) is 5.75 Å². The zero-order valence-corrected chi connectivity index (χ0v) is 11.5. The third-order valence-electron chi connectivity index (χ3n) is 2.08. The number of halogens is 1. The van der Waals surface area contributed by atoms with Crippen LogP contribution in [-0.4, -0.2) is 25.5 Å². The molecule has 0 aliphatic rings. The number of benzene rings is 1. The fourth-order valence-corrected chi connectivity index (χ4v) is 1.93. The number of amides is 2. The Kier molecular flexibility index (Phi) is 5.20. The summed E-state index contributed by atoms with van der Waals surface area (Å²) in [6.45, 7) is 0.246. The lowest BCUT2D eigenvalue weighted by molar-refractivity contribution is -0.117. The molecule has 0 aromatic heterocycles. The van der Waals surface area contributed by atoms with Crippen molar-refractivity contribution in [3.63, 3.8) is 0 Å². The first-order valence-electron chi connectivity index (χ1n) is 4.94. The third kappa shape index (κ3) is 4.22. The first kappa shape index (κ1) is 13.8. The van der Waals surface area contributed by atoms with Gasteiger partial charge in [0.05, 0.1) is 12.7 Å². The number of methoxy groups -OCH3 is 1. The molecule has 2 amide bonds. The van der Waals surface area contributed by atoms with Gasteiger partial charge in [0, 0.05) is 16.5 Å². The predicted octanol–water partition coefficient (Wildman–Crippen LogP) is 0.905. The van der Waals surface area contributed by atoms with Crippen molar-refractivity contribution in [1.82, 2.24) is 5.32 Å². The summed E-state index contributed by atoms with van der Waals surface area (Å²) in [7, 11) is 1.57. The van der Waals surface area contributed by atoms with Gasteiger partial charge in [0.25, 0.3) is 5.91 Å². The van der Waals surface area contributed by atoms with Crippen molar-refractivity contribution in [2.24, 2.45) is 5.73 Å². The van der Waals surface area contributed by atoms with Crippen molar-refractivity contribution < 1.29 is 14.3 Å². The summed E-state index contributed by atoms with van der Waals surface area (Å²) in [5.41, 5.74) is 5.53. The summed E-state index contributed by atoms with van der Waals surface area (Å²) in [5.74, 6) is 0.0381. The fraction of sp³-hybridized carbons (Fsp3) is 0.273. The number of nitrogens with one attached hydrogen (secondary N) is 1.